The average Bonchev–Trinajstić information content (AvgIpc) is 2.46. The van der Waals surface area contributed by atoms with Gasteiger partial charge >= 0.3 is 0 Å². The van der Waals surface area contributed by atoms with Gasteiger partial charge in [-0.05, 0) is 24.1 Å². The minimum absolute atomic E-state index is 0.0657. The van der Waals surface area contributed by atoms with Gasteiger partial charge in [-0.1, -0.05) is 15.9 Å². The van der Waals surface area contributed by atoms with E-state index in [0.29, 0.717) is 43.9 Å². The Kier molecular flexibility index (Phi) is 4.05. The van der Waals surface area contributed by atoms with Crippen LogP contribution in [0.15, 0.2) is 12.1 Å². The Morgan fingerprint density at radius 1 is 1.35 bits per heavy atom. The lowest BCUT2D eigenvalue weighted by molar-refractivity contribution is -0.116. The molecule has 2 atom stereocenters. The largest absolute Gasteiger partial charge is 0.376 e. The molecule has 0 radical (unpaired) electrons. The molecule has 0 aliphatic carbocycles. The smallest absolute Gasteiger partial charge is 0.224 e. The lowest BCUT2D eigenvalue weighted by Crippen LogP contribution is -2.32. The van der Waals surface area contributed by atoms with Gasteiger partial charge in [-0.2, -0.15) is 0 Å². The fourth-order valence-electron chi connectivity index (χ4n) is 2.51. The number of ether oxygens (including phenoxy) is 2. The summed E-state index contributed by atoms with van der Waals surface area (Å²) >= 11 is 3.51. The molecular formula is C14H15BrFNO3. The van der Waals surface area contributed by atoms with E-state index in [2.05, 4.69) is 21.2 Å². The van der Waals surface area contributed by atoms with E-state index < -0.39 is 0 Å². The maximum atomic E-state index is 14.2. The zero-order chi connectivity index (χ0) is 14.1. The predicted octanol–water partition coefficient (Wildman–Crippen LogP) is 2.56. The van der Waals surface area contributed by atoms with E-state index in [9.17, 15) is 9.18 Å². The van der Waals surface area contributed by atoms with Crippen LogP contribution in [-0.2, 0) is 20.7 Å². The molecule has 3 rings (SSSR count). The van der Waals surface area contributed by atoms with E-state index in [0.717, 1.165) is 5.56 Å². The van der Waals surface area contributed by atoms with Crippen LogP contribution in [0.1, 0.15) is 22.4 Å². The van der Waals surface area contributed by atoms with Gasteiger partial charge in [-0.15, -0.1) is 0 Å². The Morgan fingerprint density at radius 2 is 2.20 bits per heavy atom. The first-order chi connectivity index (χ1) is 9.65. The molecule has 1 amide bonds. The molecule has 2 heterocycles. The van der Waals surface area contributed by atoms with E-state index in [1.54, 1.807) is 0 Å². The molecule has 6 heteroatoms. The molecule has 2 unspecified atom stereocenters. The van der Waals surface area contributed by atoms with E-state index in [1.165, 1.54) is 6.07 Å². The summed E-state index contributed by atoms with van der Waals surface area (Å²) in [5, 5.41) is 2.70. The molecule has 108 valence electrons. The molecule has 1 fully saturated rings. The predicted molar refractivity (Wildman–Crippen MR) is 75.6 cm³/mol. The van der Waals surface area contributed by atoms with Crippen molar-refractivity contribution in [2.45, 2.75) is 23.8 Å². The molecule has 1 aromatic rings. The topological polar surface area (TPSA) is 47.6 Å². The van der Waals surface area contributed by atoms with Crippen molar-refractivity contribution in [3.05, 3.63) is 29.1 Å². The first-order valence-corrected chi connectivity index (χ1v) is 7.52. The van der Waals surface area contributed by atoms with E-state index in [4.69, 9.17) is 9.47 Å². The third-order valence-corrected chi connectivity index (χ3v) is 4.67. The number of hydrogen-bond acceptors (Lipinski definition) is 3. The summed E-state index contributed by atoms with van der Waals surface area (Å²) in [5.41, 5.74) is 2.08. The molecule has 2 aliphatic rings. The van der Waals surface area contributed by atoms with Crippen LogP contribution in [0.5, 0.6) is 0 Å². The first kappa shape index (κ1) is 14.0. The SMILES string of the molecule is O=C1CCc2cc(C(Br)C3COCCO3)c(F)cc2N1. The molecule has 0 saturated carbocycles. The monoisotopic (exact) mass is 343 g/mol. The van der Waals surface area contributed by atoms with Gasteiger partial charge in [-0.3, -0.25) is 4.79 Å². The number of benzene rings is 1. The highest BCUT2D eigenvalue weighted by atomic mass is 79.9. The normalized spacial score (nSPS) is 23.9. The fraction of sp³-hybridized carbons (Fsp3) is 0.500. The highest BCUT2D eigenvalue weighted by molar-refractivity contribution is 9.09. The summed E-state index contributed by atoms with van der Waals surface area (Å²) in [6, 6.07) is 3.20. The second kappa shape index (κ2) is 5.79. The lowest BCUT2D eigenvalue weighted by atomic mass is 9.97. The van der Waals surface area contributed by atoms with Gasteiger partial charge in [0.15, 0.2) is 0 Å². The van der Waals surface area contributed by atoms with Crippen LogP contribution in [0.4, 0.5) is 10.1 Å². The Morgan fingerprint density at radius 3 is 2.95 bits per heavy atom. The maximum absolute atomic E-state index is 14.2. The molecular weight excluding hydrogens is 329 g/mol. The van der Waals surface area contributed by atoms with Gasteiger partial charge < -0.3 is 14.8 Å². The third kappa shape index (κ3) is 2.73. The molecule has 1 N–H and O–H groups in total. The molecule has 1 aromatic carbocycles. The summed E-state index contributed by atoms with van der Waals surface area (Å²) in [4.78, 5) is 11.1. The van der Waals surface area contributed by atoms with Crippen molar-refractivity contribution in [2.24, 2.45) is 0 Å². The van der Waals surface area contributed by atoms with E-state index >= 15 is 0 Å². The van der Waals surface area contributed by atoms with Crippen LogP contribution in [-0.4, -0.2) is 31.8 Å². The second-order valence-corrected chi connectivity index (χ2v) is 5.95. The van der Waals surface area contributed by atoms with Gasteiger partial charge in [0, 0.05) is 17.7 Å². The van der Waals surface area contributed by atoms with Crippen molar-refractivity contribution < 1.29 is 18.7 Å². The Hall–Kier alpha value is -0.980. The van der Waals surface area contributed by atoms with Crippen LogP contribution in [0.2, 0.25) is 0 Å². The summed E-state index contributed by atoms with van der Waals surface area (Å²) in [6.07, 6.45) is 0.874. The van der Waals surface area contributed by atoms with Crippen molar-refractivity contribution in [1.29, 1.82) is 0 Å². The average molecular weight is 344 g/mol. The number of hydrogen-bond donors (Lipinski definition) is 1. The standard InChI is InChI=1S/C14H15BrFNO3/c15-14(12-7-19-3-4-20-12)9-5-8-1-2-13(18)17-11(8)6-10(9)16/h5-6,12,14H,1-4,7H2,(H,17,18). The van der Waals surface area contributed by atoms with Crippen molar-refractivity contribution >= 4 is 27.5 Å². The lowest BCUT2D eigenvalue weighted by Gasteiger charge is -2.28. The summed E-state index contributed by atoms with van der Waals surface area (Å²) in [6.45, 7) is 1.55. The number of halogens is 2. The van der Waals surface area contributed by atoms with Crippen molar-refractivity contribution in [3.8, 4) is 0 Å². The van der Waals surface area contributed by atoms with Gasteiger partial charge in [0.25, 0.3) is 0 Å². The molecule has 20 heavy (non-hydrogen) atoms. The summed E-state index contributed by atoms with van der Waals surface area (Å²) in [7, 11) is 0. The molecule has 0 spiro atoms. The van der Waals surface area contributed by atoms with Crippen LogP contribution < -0.4 is 5.32 Å². The Balaban J connectivity index is 1.87. The van der Waals surface area contributed by atoms with Crippen LogP contribution in [0.3, 0.4) is 0 Å². The highest BCUT2D eigenvalue weighted by Crippen LogP contribution is 2.35. The molecule has 0 aromatic heterocycles. The number of anilines is 1. The first-order valence-electron chi connectivity index (χ1n) is 6.61. The molecule has 0 bridgehead atoms. The van der Waals surface area contributed by atoms with Crippen LogP contribution in [0.25, 0.3) is 0 Å². The summed E-state index contributed by atoms with van der Waals surface area (Å²) in [5.74, 6) is -0.411. The number of carbonyl (C=O) groups is 1. The highest BCUT2D eigenvalue weighted by Gasteiger charge is 2.28. The molecule has 2 aliphatic heterocycles. The number of rotatable bonds is 2. The van der Waals surface area contributed by atoms with Crippen molar-refractivity contribution in [1.82, 2.24) is 0 Å². The summed E-state index contributed by atoms with van der Waals surface area (Å²) < 4.78 is 25.2. The number of fused-ring (bicyclic) bond motifs is 1. The van der Waals surface area contributed by atoms with E-state index in [-0.39, 0.29) is 22.7 Å². The number of alkyl halides is 1. The van der Waals surface area contributed by atoms with Gasteiger partial charge in [0.05, 0.1) is 30.8 Å². The van der Waals surface area contributed by atoms with Crippen LogP contribution in [0, 0.1) is 5.82 Å². The second-order valence-electron chi connectivity index (χ2n) is 4.96. The quantitative estimate of drug-likeness (QED) is 0.839. The van der Waals surface area contributed by atoms with Gasteiger partial charge in [-0.25, -0.2) is 4.39 Å². The number of aryl methyl sites for hydroxylation is 1. The zero-order valence-corrected chi connectivity index (χ0v) is 12.4. The number of nitrogens with one attached hydrogen (secondary N) is 1. The number of carbonyl (C=O) groups excluding carboxylic acids is 1. The molecule has 1 saturated heterocycles. The van der Waals surface area contributed by atoms with Crippen LogP contribution >= 0.6 is 15.9 Å². The van der Waals surface area contributed by atoms with Gasteiger partial charge in [0.2, 0.25) is 5.91 Å². The minimum atomic E-state index is -0.345. The maximum Gasteiger partial charge on any atom is 0.224 e. The fourth-order valence-corrected chi connectivity index (χ4v) is 3.16. The number of amides is 1. The zero-order valence-electron chi connectivity index (χ0n) is 10.8. The van der Waals surface area contributed by atoms with Gasteiger partial charge in [0.1, 0.15) is 5.82 Å². The Bertz CT molecular complexity index is 531. The molecule has 4 nitrogen and oxygen atoms in total. The minimum Gasteiger partial charge on any atom is -0.376 e. The Labute approximate surface area is 124 Å². The van der Waals surface area contributed by atoms with E-state index in [1.807, 2.05) is 6.07 Å². The third-order valence-electron chi connectivity index (χ3n) is 3.58. The van der Waals surface area contributed by atoms with Crippen molar-refractivity contribution in [2.75, 3.05) is 25.1 Å². The van der Waals surface area contributed by atoms with Crippen molar-refractivity contribution in [3.63, 3.8) is 0 Å².